The molecule has 2 N–H and O–H groups in total. The standard InChI is InChI=1S/C27H34N4O5/c1-6-19(12-15-25(32)30(4)24(26(33)34-5)17-35-18(2)3)31-23-16-21(13-14-22(23)29-27(31)28)36-20-10-8-7-9-11-20/h7-11,13-14,16,19,24H,2,6,12,15,17H2,1,3-5H3,(H2,28,29)/t19-,24+/m1/s1. The number of likely N-dealkylation sites (N-methyl/N-ethyl adjacent to an activating group) is 1. The number of esters is 1. The van der Waals surface area contributed by atoms with Crippen molar-refractivity contribution in [2.45, 2.75) is 45.2 Å². The minimum absolute atomic E-state index is 0.0231. The second kappa shape index (κ2) is 12.1. The van der Waals surface area contributed by atoms with Gasteiger partial charge in [0.05, 0.1) is 23.9 Å². The predicted molar refractivity (Wildman–Crippen MR) is 139 cm³/mol. The Morgan fingerprint density at radius 2 is 1.89 bits per heavy atom. The normalized spacial score (nSPS) is 12.6. The molecule has 1 amide bonds. The third-order valence-corrected chi connectivity index (χ3v) is 6.02. The summed E-state index contributed by atoms with van der Waals surface area (Å²) in [5.74, 6) is 1.47. The minimum Gasteiger partial charge on any atom is -0.496 e. The fraction of sp³-hybridized carbons (Fsp3) is 0.370. The van der Waals surface area contributed by atoms with Crippen LogP contribution in [0.4, 0.5) is 5.95 Å². The highest BCUT2D eigenvalue weighted by Crippen LogP contribution is 2.32. The van der Waals surface area contributed by atoms with Crippen LogP contribution >= 0.6 is 0 Å². The Balaban J connectivity index is 1.77. The molecule has 0 bridgehead atoms. The minimum atomic E-state index is -0.865. The molecule has 1 aromatic heterocycles. The van der Waals surface area contributed by atoms with Crippen molar-refractivity contribution < 1.29 is 23.8 Å². The molecule has 0 unspecified atom stereocenters. The molecule has 192 valence electrons. The van der Waals surface area contributed by atoms with Crippen LogP contribution in [0, 0.1) is 0 Å². The van der Waals surface area contributed by atoms with Gasteiger partial charge in [-0.1, -0.05) is 31.7 Å². The van der Waals surface area contributed by atoms with Crippen LogP contribution in [-0.2, 0) is 19.1 Å². The number of nitrogens with two attached hydrogens (primary N) is 1. The lowest BCUT2D eigenvalue weighted by Gasteiger charge is -2.27. The number of allylic oxidation sites excluding steroid dienone is 1. The molecule has 0 spiro atoms. The van der Waals surface area contributed by atoms with Crippen LogP contribution in [0.5, 0.6) is 11.5 Å². The molecule has 36 heavy (non-hydrogen) atoms. The van der Waals surface area contributed by atoms with Crippen LogP contribution < -0.4 is 10.5 Å². The number of anilines is 1. The molecule has 2 atom stereocenters. The van der Waals surface area contributed by atoms with E-state index in [-0.39, 0.29) is 25.0 Å². The largest absolute Gasteiger partial charge is 0.496 e. The number of methoxy groups -OCH3 is 1. The van der Waals surface area contributed by atoms with Crippen molar-refractivity contribution >= 4 is 28.9 Å². The smallest absolute Gasteiger partial charge is 0.332 e. The Labute approximate surface area is 211 Å². The number of nitrogen functional groups attached to an aromatic ring is 1. The summed E-state index contributed by atoms with van der Waals surface area (Å²) in [5.41, 5.74) is 7.88. The van der Waals surface area contributed by atoms with E-state index >= 15 is 0 Å². The molecule has 2 aromatic carbocycles. The first-order chi connectivity index (χ1) is 17.2. The van der Waals surface area contributed by atoms with E-state index in [1.807, 2.05) is 60.0 Å². The van der Waals surface area contributed by atoms with E-state index < -0.39 is 12.0 Å². The number of fused-ring (bicyclic) bond motifs is 1. The van der Waals surface area contributed by atoms with Gasteiger partial charge < -0.3 is 29.4 Å². The van der Waals surface area contributed by atoms with Gasteiger partial charge in [-0.25, -0.2) is 9.78 Å². The van der Waals surface area contributed by atoms with Crippen molar-refractivity contribution in [3.63, 3.8) is 0 Å². The zero-order valence-electron chi connectivity index (χ0n) is 21.3. The number of para-hydroxylation sites is 1. The third kappa shape index (κ3) is 6.35. The molecule has 1 heterocycles. The summed E-state index contributed by atoms with van der Waals surface area (Å²) in [6.07, 6.45) is 1.44. The molecule has 0 radical (unpaired) electrons. The first-order valence-electron chi connectivity index (χ1n) is 11.9. The number of nitrogens with zero attached hydrogens (tertiary/aromatic N) is 3. The van der Waals surface area contributed by atoms with Crippen molar-refractivity contribution in [2.75, 3.05) is 26.5 Å². The Bertz CT molecular complexity index is 1210. The first-order valence-corrected chi connectivity index (χ1v) is 11.9. The predicted octanol–water partition coefficient (Wildman–Crippen LogP) is 4.69. The van der Waals surface area contributed by atoms with E-state index in [2.05, 4.69) is 11.6 Å². The number of ether oxygens (including phenoxy) is 3. The van der Waals surface area contributed by atoms with Gasteiger partial charge in [0.1, 0.15) is 18.1 Å². The Kier molecular flexibility index (Phi) is 8.94. The number of hydrogen-bond acceptors (Lipinski definition) is 7. The fourth-order valence-corrected chi connectivity index (χ4v) is 4.01. The number of imidazole rings is 1. The van der Waals surface area contributed by atoms with Crippen LogP contribution in [0.2, 0.25) is 0 Å². The summed E-state index contributed by atoms with van der Waals surface area (Å²) in [6, 6.07) is 14.2. The van der Waals surface area contributed by atoms with Crippen LogP contribution in [0.3, 0.4) is 0 Å². The lowest BCUT2D eigenvalue weighted by molar-refractivity contribution is -0.153. The molecule has 0 aliphatic heterocycles. The molecular formula is C27H34N4O5. The molecule has 3 aromatic rings. The van der Waals surface area contributed by atoms with Gasteiger partial charge in [-0.15, -0.1) is 0 Å². The highest BCUT2D eigenvalue weighted by molar-refractivity contribution is 5.84. The number of rotatable bonds is 12. The summed E-state index contributed by atoms with van der Waals surface area (Å²) in [6.45, 7) is 7.36. The Morgan fingerprint density at radius 1 is 1.17 bits per heavy atom. The second-order valence-corrected chi connectivity index (χ2v) is 8.56. The average molecular weight is 495 g/mol. The van der Waals surface area contributed by atoms with E-state index in [9.17, 15) is 9.59 Å². The zero-order chi connectivity index (χ0) is 26.2. The van der Waals surface area contributed by atoms with Gasteiger partial charge in [0.2, 0.25) is 11.9 Å². The lowest BCUT2D eigenvalue weighted by Crippen LogP contribution is -2.46. The molecule has 0 aliphatic rings. The molecule has 9 nitrogen and oxygen atoms in total. The Morgan fingerprint density at radius 3 is 2.53 bits per heavy atom. The Hall–Kier alpha value is -4.01. The quantitative estimate of drug-likeness (QED) is 0.287. The monoisotopic (exact) mass is 494 g/mol. The highest BCUT2D eigenvalue weighted by Gasteiger charge is 2.29. The highest BCUT2D eigenvalue weighted by atomic mass is 16.5. The van der Waals surface area contributed by atoms with E-state index in [1.54, 1.807) is 14.0 Å². The molecule has 0 aliphatic carbocycles. The van der Waals surface area contributed by atoms with Crippen molar-refractivity contribution in [3.8, 4) is 11.5 Å². The fourth-order valence-electron chi connectivity index (χ4n) is 4.01. The molecule has 0 saturated heterocycles. The molecule has 0 fully saturated rings. The van der Waals surface area contributed by atoms with E-state index in [1.165, 1.54) is 12.0 Å². The van der Waals surface area contributed by atoms with Gasteiger partial charge in [-0.3, -0.25) is 4.79 Å². The maximum absolute atomic E-state index is 13.0. The molecule has 0 saturated carbocycles. The average Bonchev–Trinajstić information content (AvgIpc) is 3.19. The summed E-state index contributed by atoms with van der Waals surface area (Å²) in [5, 5.41) is 0. The topological polar surface area (TPSA) is 109 Å². The zero-order valence-corrected chi connectivity index (χ0v) is 21.3. The van der Waals surface area contributed by atoms with Crippen LogP contribution in [-0.4, -0.2) is 53.1 Å². The maximum atomic E-state index is 13.0. The van der Waals surface area contributed by atoms with Gasteiger partial charge in [0.15, 0.2) is 6.04 Å². The van der Waals surface area contributed by atoms with Gasteiger partial charge >= 0.3 is 5.97 Å². The lowest BCUT2D eigenvalue weighted by atomic mass is 10.1. The van der Waals surface area contributed by atoms with E-state index in [0.29, 0.717) is 23.9 Å². The maximum Gasteiger partial charge on any atom is 0.332 e. The number of carbonyl (C=O) groups is 2. The van der Waals surface area contributed by atoms with Gasteiger partial charge in [-0.05, 0) is 44.0 Å². The summed E-state index contributed by atoms with van der Waals surface area (Å²) in [4.78, 5) is 31.1. The van der Waals surface area contributed by atoms with Gasteiger partial charge in [-0.2, -0.15) is 0 Å². The SMILES string of the molecule is C=C(C)OC[C@@H](C(=O)OC)N(C)C(=O)CC[C@@H](CC)n1c(N)nc2ccc(Oc3ccccc3)cc21. The van der Waals surface area contributed by atoms with E-state index in [4.69, 9.17) is 19.9 Å². The first kappa shape index (κ1) is 26.6. The number of hydrogen-bond donors (Lipinski definition) is 1. The molecule has 3 rings (SSSR count). The van der Waals surface area contributed by atoms with Crippen LogP contribution in [0.25, 0.3) is 11.0 Å². The summed E-state index contributed by atoms with van der Waals surface area (Å²) >= 11 is 0. The second-order valence-electron chi connectivity index (χ2n) is 8.56. The summed E-state index contributed by atoms with van der Waals surface area (Å²) in [7, 11) is 2.85. The molecular weight excluding hydrogens is 460 g/mol. The van der Waals surface area contributed by atoms with E-state index in [0.717, 1.165) is 23.2 Å². The van der Waals surface area contributed by atoms with Crippen LogP contribution in [0.1, 0.15) is 39.2 Å². The van der Waals surface area contributed by atoms with Crippen LogP contribution in [0.15, 0.2) is 60.9 Å². The number of amides is 1. The van der Waals surface area contributed by atoms with Gasteiger partial charge in [0.25, 0.3) is 0 Å². The number of carbonyl (C=O) groups excluding carboxylic acids is 2. The number of benzene rings is 2. The van der Waals surface area contributed by atoms with Crippen molar-refractivity contribution in [1.29, 1.82) is 0 Å². The molecule has 9 heteroatoms. The van der Waals surface area contributed by atoms with Crippen molar-refractivity contribution in [3.05, 3.63) is 60.9 Å². The summed E-state index contributed by atoms with van der Waals surface area (Å²) < 4.78 is 18.2. The number of aromatic nitrogens is 2. The van der Waals surface area contributed by atoms with Crippen molar-refractivity contribution in [2.24, 2.45) is 0 Å². The third-order valence-electron chi connectivity index (χ3n) is 6.02. The van der Waals surface area contributed by atoms with Gasteiger partial charge in [0, 0.05) is 25.6 Å². The van der Waals surface area contributed by atoms with Crippen molar-refractivity contribution in [1.82, 2.24) is 14.5 Å².